The molecule has 2 heterocycles. The Balaban J connectivity index is 0.000000137. The Labute approximate surface area is 225 Å². The van der Waals surface area contributed by atoms with Crippen molar-refractivity contribution in [1.82, 2.24) is 5.32 Å². The number of thioether (sulfide) groups is 2. The molecule has 0 bridgehead atoms. The molecule has 0 aromatic heterocycles. The van der Waals surface area contributed by atoms with Gasteiger partial charge in [-0.15, -0.1) is 0 Å². The molecule has 0 spiro atoms. The quantitative estimate of drug-likeness (QED) is 0.516. The fourth-order valence-corrected chi connectivity index (χ4v) is 6.80. The van der Waals surface area contributed by atoms with E-state index in [-0.39, 0.29) is 0 Å². The van der Waals surface area contributed by atoms with Gasteiger partial charge in [0, 0.05) is 17.5 Å². The zero-order valence-electron chi connectivity index (χ0n) is 21.9. The van der Waals surface area contributed by atoms with E-state index in [1.54, 1.807) is 18.9 Å². The molecular weight excluding hydrogens is 484 g/mol. The van der Waals surface area contributed by atoms with Crippen LogP contribution in [0.25, 0.3) is 0 Å². The Bertz CT molecular complexity index is 1080. The maximum atomic E-state index is 6.08. The summed E-state index contributed by atoms with van der Waals surface area (Å²) in [6, 6.07) is 14.0. The van der Waals surface area contributed by atoms with Crippen LogP contribution in [0.1, 0.15) is 71.7 Å². The molecule has 4 aliphatic rings. The lowest BCUT2D eigenvalue weighted by Gasteiger charge is -2.16. The van der Waals surface area contributed by atoms with Crippen LogP contribution >= 0.6 is 23.5 Å². The Kier molecular flexibility index (Phi) is 10.2. The summed E-state index contributed by atoms with van der Waals surface area (Å²) >= 11 is 3.52. The largest absolute Gasteiger partial charge is 0.476 e. The molecule has 2 aromatic rings. The van der Waals surface area contributed by atoms with Crippen LogP contribution in [0, 0.1) is 6.92 Å². The van der Waals surface area contributed by atoms with Gasteiger partial charge in [-0.1, -0.05) is 73.3 Å². The molecule has 0 fully saturated rings. The van der Waals surface area contributed by atoms with Crippen molar-refractivity contribution in [2.75, 3.05) is 31.7 Å². The first-order chi connectivity index (χ1) is 17.6. The monoisotopic (exact) mass is 524 g/mol. The number of aliphatic imine (C=N–C) groups is 2. The van der Waals surface area contributed by atoms with Crippen LogP contribution in [0.4, 0.5) is 0 Å². The summed E-state index contributed by atoms with van der Waals surface area (Å²) in [5.41, 5.74) is 14.9. The van der Waals surface area contributed by atoms with Crippen molar-refractivity contribution in [3.63, 3.8) is 0 Å². The summed E-state index contributed by atoms with van der Waals surface area (Å²) in [4.78, 5) is 8.48. The first-order valence-corrected chi connectivity index (χ1v) is 15.2. The molecule has 194 valence electrons. The van der Waals surface area contributed by atoms with Gasteiger partial charge in [-0.3, -0.25) is 4.99 Å². The molecule has 2 aromatic carbocycles. The number of ether oxygens (including phenoxy) is 1. The van der Waals surface area contributed by atoms with Gasteiger partial charge < -0.3 is 15.8 Å². The molecule has 2 atom stereocenters. The lowest BCUT2D eigenvalue weighted by molar-refractivity contribution is 0.416. The van der Waals surface area contributed by atoms with Crippen molar-refractivity contribution < 1.29 is 4.74 Å². The second-order valence-corrected chi connectivity index (χ2v) is 11.6. The molecule has 2 unspecified atom stereocenters. The van der Waals surface area contributed by atoms with E-state index >= 15 is 0 Å². The lowest BCUT2D eigenvalue weighted by Crippen LogP contribution is -2.24. The van der Waals surface area contributed by atoms with E-state index < -0.39 is 0 Å². The maximum absolute atomic E-state index is 6.08. The van der Waals surface area contributed by atoms with Gasteiger partial charge in [-0.2, -0.15) is 0 Å². The van der Waals surface area contributed by atoms with Crippen molar-refractivity contribution in [2.24, 2.45) is 15.7 Å². The van der Waals surface area contributed by atoms with E-state index in [4.69, 9.17) is 10.5 Å². The highest BCUT2D eigenvalue weighted by Crippen LogP contribution is 2.34. The third-order valence-electron chi connectivity index (χ3n) is 6.98. The second kappa shape index (κ2) is 13.5. The highest BCUT2D eigenvalue weighted by Gasteiger charge is 2.25. The van der Waals surface area contributed by atoms with Crippen LogP contribution in [0.3, 0.4) is 0 Å². The predicted molar refractivity (Wildman–Crippen MR) is 158 cm³/mol. The summed E-state index contributed by atoms with van der Waals surface area (Å²) in [5.74, 6) is 2.22. The van der Waals surface area contributed by atoms with E-state index in [9.17, 15) is 0 Å². The van der Waals surface area contributed by atoms with E-state index in [0.29, 0.717) is 12.1 Å². The zero-order valence-corrected chi connectivity index (χ0v) is 23.5. The van der Waals surface area contributed by atoms with Crippen LogP contribution in [0.2, 0.25) is 0 Å². The van der Waals surface area contributed by atoms with Gasteiger partial charge in [0.05, 0.1) is 26.2 Å². The van der Waals surface area contributed by atoms with Crippen molar-refractivity contribution in [3.8, 4) is 0 Å². The number of amidine groups is 1. The smallest absolute Gasteiger partial charge is 0.245 e. The molecule has 6 rings (SSSR count). The van der Waals surface area contributed by atoms with Gasteiger partial charge in [-0.25, -0.2) is 4.99 Å². The van der Waals surface area contributed by atoms with Crippen molar-refractivity contribution in [2.45, 2.75) is 64.5 Å². The van der Waals surface area contributed by atoms with E-state index in [2.05, 4.69) is 65.5 Å². The Morgan fingerprint density at radius 1 is 0.972 bits per heavy atom. The molecular formula is C29H40N4OS2. The average Bonchev–Trinajstić information content (AvgIpc) is 3.70. The fraction of sp³-hybridized carbons (Fsp3) is 0.517. The normalized spacial score (nSPS) is 21.3. The average molecular weight is 525 g/mol. The number of nitrogens with zero attached hydrogens (tertiary/aromatic N) is 2. The summed E-state index contributed by atoms with van der Waals surface area (Å²) in [7, 11) is 1.65. The van der Waals surface area contributed by atoms with Gasteiger partial charge in [0.2, 0.25) is 5.23 Å². The Hall–Kier alpha value is -1.96. The molecule has 2 aliphatic heterocycles. The number of fused-ring (bicyclic) bond motifs is 2. The number of rotatable bonds is 3. The molecule has 0 saturated carbocycles. The minimum Gasteiger partial charge on any atom is -0.476 e. The van der Waals surface area contributed by atoms with E-state index in [1.807, 2.05) is 11.8 Å². The van der Waals surface area contributed by atoms with Crippen molar-refractivity contribution in [3.05, 3.63) is 69.8 Å². The molecule has 2 aliphatic carbocycles. The molecule has 0 saturated heterocycles. The van der Waals surface area contributed by atoms with E-state index in [1.165, 1.54) is 65.5 Å². The number of methoxy groups -OCH3 is 1. The number of hydrogen-bond acceptors (Lipinski definition) is 7. The highest BCUT2D eigenvalue weighted by atomic mass is 32.2. The van der Waals surface area contributed by atoms with Gasteiger partial charge in [0.15, 0.2) is 5.17 Å². The summed E-state index contributed by atoms with van der Waals surface area (Å²) in [5, 5.41) is 5.56. The Morgan fingerprint density at radius 2 is 1.69 bits per heavy atom. The third-order valence-corrected chi connectivity index (χ3v) is 8.82. The maximum Gasteiger partial charge on any atom is 0.245 e. The first kappa shape index (κ1) is 27.1. The molecule has 0 radical (unpaired) electrons. The second-order valence-electron chi connectivity index (χ2n) is 9.50. The summed E-state index contributed by atoms with van der Waals surface area (Å²) < 4.78 is 4.82. The van der Waals surface area contributed by atoms with Gasteiger partial charge in [-0.05, 0) is 72.4 Å². The predicted octanol–water partition coefficient (Wildman–Crippen LogP) is 6.00. The van der Waals surface area contributed by atoms with E-state index in [0.717, 1.165) is 41.4 Å². The van der Waals surface area contributed by atoms with Crippen LogP contribution in [-0.4, -0.2) is 42.1 Å². The van der Waals surface area contributed by atoms with Crippen molar-refractivity contribution in [1.29, 1.82) is 0 Å². The first-order valence-electron chi connectivity index (χ1n) is 13.2. The van der Waals surface area contributed by atoms with Gasteiger partial charge in [0.1, 0.15) is 0 Å². The minimum atomic E-state index is 0.303. The molecule has 3 N–H and O–H groups in total. The van der Waals surface area contributed by atoms with Crippen LogP contribution in [-0.2, 0) is 24.0 Å². The summed E-state index contributed by atoms with van der Waals surface area (Å²) in [6.45, 7) is 6.33. The lowest BCUT2D eigenvalue weighted by atomic mass is 9.98. The highest BCUT2D eigenvalue weighted by molar-refractivity contribution is 8.14. The van der Waals surface area contributed by atoms with Crippen LogP contribution in [0.5, 0.6) is 0 Å². The van der Waals surface area contributed by atoms with Gasteiger partial charge >= 0.3 is 0 Å². The SMILES string of the molecule is CCCc1cccc2c1C(N)CC2.COC1=NCCS1.Cc1cccc2c1C(NC1=NCCS1)CC2. The number of benzene rings is 2. The number of aryl methyl sites for hydroxylation is 4. The number of hydrogen-bond donors (Lipinski definition) is 2. The van der Waals surface area contributed by atoms with Crippen molar-refractivity contribution >= 4 is 33.9 Å². The molecule has 0 amide bonds. The molecule has 7 heteroatoms. The molecule has 5 nitrogen and oxygen atoms in total. The molecule has 36 heavy (non-hydrogen) atoms. The number of nitrogens with two attached hydrogens (primary N) is 1. The minimum absolute atomic E-state index is 0.303. The Morgan fingerprint density at radius 3 is 2.36 bits per heavy atom. The standard InChI is InChI=1S/C13H16N2S.C12H17N.C4H7NOS/c1-9-3-2-4-10-5-6-11(12(9)10)15-13-14-7-8-16-13;1-2-4-9-5-3-6-10-7-8-11(13)12(9)10;1-6-4-5-2-3-7-4/h2-4,11H,5-8H2,1H3,(H,14,15);3,5-6,11H,2,4,7-8,13H2,1H3;2-3H2,1H3. The van der Waals surface area contributed by atoms with Crippen LogP contribution in [0.15, 0.2) is 46.4 Å². The summed E-state index contributed by atoms with van der Waals surface area (Å²) in [6.07, 6.45) is 7.11. The van der Waals surface area contributed by atoms with Gasteiger partial charge in [0.25, 0.3) is 0 Å². The van der Waals surface area contributed by atoms with Crippen LogP contribution < -0.4 is 11.1 Å². The zero-order chi connectivity index (χ0) is 25.3. The topological polar surface area (TPSA) is 72.0 Å². The number of nitrogens with one attached hydrogen (secondary N) is 1. The third kappa shape index (κ3) is 6.87. The fourth-order valence-electron chi connectivity index (χ4n) is 5.36.